The fourth-order valence-electron chi connectivity index (χ4n) is 2.54. The second-order valence-corrected chi connectivity index (χ2v) is 5.98. The number of rotatable bonds is 8. The van der Waals surface area contributed by atoms with Crippen LogP contribution in [-0.4, -0.2) is 19.2 Å². The van der Waals surface area contributed by atoms with Crippen LogP contribution in [0.25, 0.3) is 0 Å². The van der Waals surface area contributed by atoms with Crippen molar-refractivity contribution in [2.45, 2.75) is 39.3 Å². The number of aryl methyl sites for hydroxylation is 1. The second-order valence-electron chi connectivity index (χ2n) is 5.98. The average Bonchev–Trinajstić information content (AvgIpc) is 2.52. The first-order chi connectivity index (χ1) is 10.7. The zero-order valence-electron chi connectivity index (χ0n) is 13.9. The Labute approximate surface area is 134 Å². The summed E-state index contributed by atoms with van der Waals surface area (Å²) in [6.45, 7) is 8.23. The Bertz CT molecular complexity index is 551. The summed E-state index contributed by atoms with van der Waals surface area (Å²) in [5.41, 5.74) is 3.75. The highest BCUT2D eigenvalue weighted by molar-refractivity contribution is 5.35. The van der Waals surface area contributed by atoms with Crippen LogP contribution in [0.1, 0.15) is 43.1 Å². The van der Waals surface area contributed by atoms with E-state index in [1.165, 1.54) is 16.7 Å². The monoisotopic (exact) mass is 297 g/mol. The molecule has 0 radical (unpaired) electrons. The maximum Gasteiger partial charge on any atom is 0.108 e. The van der Waals surface area contributed by atoms with Crippen LogP contribution in [0.15, 0.2) is 54.6 Å². The van der Waals surface area contributed by atoms with Gasteiger partial charge in [0.25, 0.3) is 0 Å². The van der Waals surface area contributed by atoms with Gasteiger partial charge in [0.2, 0.25) is 0 Å². The Kier molecular flexibility index (Phi) is 6.63. The van der Waals surface area contributed by atoms with Crippen molar-refractivity contribution in [3.63, 3.8) is 0 Å². The van der Waals surface area contributed by atoms with E-state index in [0.29, 0.717) is 6.04 Å². The molecular formula is C20H27NO. The predicted octanol–water partition coefficient (Wildman–Crippen LogP) is 4.49. The molecule has 0 aliphatic rings. The van der Waals surface area contributed by atoms with E-state index in [4.69, 9.17) is 4.74 Å². The van der Waals surface area contributed by atoms with Crippen molar-refractivity contribution < 1.29 is 4.74 Å². The first kappa shape index (κ1) is 16.7. The standard InChI is InChI=1S/C20H27NO/c1-16(2)21-14-9-15-22-20(18-11-5-4-6-12-18)19-13-8-7-10-17(19)3/h4-8,10-13,16,20-21H,9,14-15H2,1-3H3. The minimum atomic E-state index is 0.0152. The molecule has 0 spiro atoms. The lowest BCUT2D eigenvalue weighted by Crippen LogP contribution is -2.24. The van der Waals surface area contributed by atoms with Gasteiger partial charge in [-0.05, 0) is 36.6 Å². The van der Waals surface area contributed by atoms with Gasteiger partial charge in [-0.15, -0.1) is 0 Å². The van der Waals surface area contributed by atoms with Crippen LogP contribution in [0.5, 0.6) is 0 Å². The maximum absolute atomic E-state index is 6.24. The van der Waals surface area contributed by atoms with Gasteiger partial charge in [0, 0.05) is 12.6 Å². The zero-order valence-corrected chi connectivity index (χ0v) is 13.9. The summed E-state index contributed by atoms with van der Waals surface area (Å²) in [5.74, 6) is 0. The smallest absolute Gasteiger partial charge is 0.108 e. The van der Waals surface area contributed by atoms with Crippen molar-refractivity contribution in [2.24, 2.45) is 0 Å². The number of benzene rings is 2. The van der Waals surface area contributed by atoms with Crippen molar-refractivity contribution in [3.8, 4) is 0 Å². The van der Waals surface area contributed by atoms with Crippen molar-refractivity contribution in [1.29, 1.82) is 0 Å². The minimum absolute atomic E-state index is 0.0152. The molecule has 1 N–H and O–H groups in total. The normalized spacial score (nSPS) is 12.5. The van der Waals surface area contributed by atoms with Gasteiger partial charge in [0.1, 0.15) is 6.10 Å². The quantitative estimate of drug-likeness (QED) is 0.725. The summed E-state index contributed by atoms with van der Waals surface area (Å²) < 4.78 is 6.24. The van der Waals surface area contributed by atoms with Gasteiger partial charge in [-0.1, -0.05) is 68.4 Å². The molecule has 0 aliphatic carbocycles. The summed E-state index contributed by atoms with van der Waals surface area (Å²) in [6, 6.07) is 19.5. The van der Waals surface area contributed by atoms with E-state index < -0.39 is 0 Å². The molecule has 0 saturated carbocycles. The van der Waals surface area contributed by atoms with Gasteiger partial charge in [-0.2, -0.15) is 0 Å². The molecular weight excluding hydrogens is 270 g/mol. The third-order valence-electron chi connectivity index (χ3n) is 3.73. The van der Waals surface area contributed by atoms with E-state index >= 15 is 0 Å². The van der Waals surface area contributed by atoms with E-state index in [-0.39, 0.29) is 6.10 Å². The fourth-order valence-corrected chi connectivity index (χ4v) is 2.54. The Morgan fingerprint density at radius 1 is 0.955 bits per heavy atom. The maximum atomic E-state index is 6.24. The van der Waals surface area contributed by atoms with E-state index in [1.807, 2.05) is 6.07 Å². The Morgan fingerprint density at radius 2 is 1.64 bits per heavy atom. The fraction of sp³-hybridized carbons (Fsp3) is 0.400. The molecule has 2 nitrogen and oxygen atoms in total. The average molecular weight is 297 g/mol. The highest BCUT2D eigenvalue weighted by Crippen LogP contribution is 2.28. The van der Waals surface area contributed by atoms with E-state index in [1.54, 1.807) is 0 Å². The highest BCUT2D eigenvalue weighted by Gasteiger charge is 2.16. The van der Waals surface area contributed by atoms with Gasteiger partial charge >= 0.3 is 0 Å². The van der Waals surface area contributed by atoms with Crippen LogP contribution < -0.4 is 5.32 Å². The Balaban J connectivity index is 2.05. The highest BCUT2D eigenvalue weighted by atomic mass is 16.5. The second kappa shape index (κ2) is 8.72. The topological polar surface area (TPSA) is 21.3 Å². The molecule has 2 heteroatoms. The van der Waals surface area contributed by atoms with Crippen LogP contribution in [0.2, 0.25) is 0 Å². The third-order valence-corrected chi connectivity index (χ3v) is 3.73. The first-order valence-electron chi connectivity index (χ1n) is 8.14. The molecule has 0 heterocycles. The van der Waals surface area contributed by atoms with E-state index in [0.717, 1.165) is 19.6 Å². The van der Waals surface area contributed by atoms with E-state index in [2.05, 4.69) is 74.6 Å². The molecule has 0 saturated heterocycles. The van der Waals surface area contributed by atoms with Crippen molar-refractivity contribution in [1.82, 2.24) is 5.32 Å². The first-order valence-corrected chi connectivity index (χ1v) is 8.14. The van der Waals surface area contributed by atoms with Crippen molar-refractivity contribution in [3.05, 3.63) is 71.3 Å². The van der Waals surface area contributed by atoms with Crippen LogP contribution in [0.4, 0.5) is 0 Å². The Hall–Kier alpha value is -1.64. The molecule has 1 atom stereocenters. The van der Waals surface area contributed by atoms with Gasteiger partial charge in [-0.3, -0.25) is 0 Å². The third kappa shape index (κ3) is 4.97. The number of nitrogens with one attached hydrogen (secondary N) is 1. The summed E-state index contributed by atoms with van der Waals surface area (Å²) in [5, 5.41) is 3.43. The van der Waals surface area contributed by atoms with Crippen LogP contribution in [-0.2, 0) is 4.74 Å². The molecule has 118 valence electrons. The largest absolute Gasteiger partial charge is 0.369 e. The lowest BCUT2D eigenvalue weighted by Gasteiger charge is -2.21. The Morgan fingerprint density at radius 3 is 2.32 bits per heavy atom. The van der Waals surface area contributed by atoms with Gasteiger partial charge in [0.15, 0.2) is 0 Å². The predicted molar refractivity (Wildman–Crippen MR) is 93.2 cm³/mol. The van der Waals surface area contributed by atoms with Crippen molar-refractivity contribution >= 4 is 0 Å². The number of ether oxygens (including phenoxy) is 1. The molecule has 2 aromatic rings. The number of hydrogen-bond donors (Lipinski definition) is 1. The van der Waals surface area contributed by atoms with Crippen LogP contribution >= 0.6 is 0 Å². The van der Waals surface area contributed by atoms with Crippen LogP contribution in [0, 0.1) is 6.92 Å². The minimum Gasteiger partial charge on any atom is -0.369 e. The van der Waals surface area contributed by atoms with Crippen molar-refractivity contribution in [2.75, 3.05) is 13.2 Å². The molecule has 0 amide bonds. The van der Waals surface area contributed by atoms with E-state index in [9.17, 15) is 0 Å². The van der Waals surface area contributed by atoms with Crippen LogP contribution in [0.3, 0.4) is 0 Å². The summed E-state index contributed by atoms with van der Waals surface area (Å²) in [6.07, 6.45) is 1.04. The molecule has 22 heavy (non-hydrogen) atoms. The molecule has 0 bridgehead atoms. The molecule has 0 fully saturated rings. The summed E-state index contributed by atoms with van der Waals surface area (Å²) in [7, 11) is 0. The van der Waals surface area contributed by atoms with Gasteiger partial charge < -0.3 is 10.1 Å². The molecule has 0 aliphatic heterocycles. The summed E-state index contributed by atoms with van der Waals surface area (Å²) >= 11 is 0. The molecule has 1 unspecified atom stereocenters. The zero-order chi connectivity index (χ0) is 15.8. The molecule has 2 rings (SSSR count). The SMILES string of the molecule is Cc1ccccc1C(OCCCNC(C)C)c1ccccc1. The summed E-state index contributed by atoms with van der Waals surface area (Å²) in [4.78, 5) is 0. The lowest BCUT2D eigenvalue weighted by atomic mass is 9.97. The van der Waals surface area contributed by atoms with Gasteiger partial charge in [0.05, 0.1) is 0 Å². The molecule has 2 aromatic carbocycles. The lowest BCUT2D eigenvalue weighted by molar-refractivity contribution is 0.0776. The van der Waals surface area contributed by atoms with Gasteiger partial charge in [-0.25, -0.2) is 0 Å². The number of hydrogen-bond acceptors (Lipinski definition) is 2. The molecule has 0 aromatic heterocycles.